The number of nitrogens with zero attached hydrogens (tertiary/aromatic N) is 1. The van der Waals surface area contributed by atoms with E-state index >= 15 is 0 Å². The van der Waals surface area contributed by atoms with Gasteiger partial charge in [-0.1, -0.05) is 12.8 Å². The standard InChI is InChI=1S/C16H30N2O8/c17-10(7-13(22)23)16(25)18-5-3-1-2-4-6-26-15(12(21)9-19)14(24)11(20)8-18/h10-12,14-15,19-21,24H,1-9,17H2,(H,22,23)/t10-,11-,12+,14+,15+/m0/s1. The molecule has 0 unspecified atom stereocenters. The monoisotopic (exact) mass is 378 g/mol. The minimum Gasteiger partial charge on any atom is -0.481 e. The van der Waals surface area contributed by atoms with E-state index in [4.69, 9.17) is 20.7 Å². The molecule has 1 rings (SSSR count). The second-order valence-corrected chi connectivity index (χ2v) is 6.55. The third-order valence-electron chi connectivity index (χ3n) is 4.36. The summed E-state index contributed by atoms with van der Waals surface area (Å²) in [6.07, 6.45) is -3.26. The van der Waals surface area contributed by atoms with E-state index in [1.165, 1.54) is 4.90 Å². The quantitative estimate of drug-likeness (QED) is 0.306. The minimum absolute atomic E-state index is 0.262. The highest BCUT2D eigenvalue weighted by Gasteiger charge is 2.35. The van der Waals surface area contributed by atoms with Crippen LogP contribution >= 0.6 is 0 Å². The molecule has 0 saturated carbocycles. The van der Waals surface area contributed by atoms with E-state index in [0.717, 1.165) is 12.8 Å². The number of hydrogen-bond acceptors (Lipinski definition) is 8. The molecule has 10 nitrogen and oxygen atoms in total. The summed E-state index contributed by atoms with van der Waals surface area (Å²) in [6.45, 7) is -0.409. The molecule has 0 aromatic carbocycles. The first kappa shape index (κ1) is 22.7. The van der Waals surface area contributed by atoms with Crippen molar-refractivity contribution in [1.82, 2.24) is 4.90 Å². The number of aliphatic carboxylic acids is 1. The van der Waals surface area contributed by atoms with Gasteiger partial charge in [-0.25, -0.2) is 0 Å². The highest BCUT2D eigenvalue weighted by Crippen LogP contribution is 2.15. The van der Waals surface area contributed by atoms with Crippen molar-refractivity contribution in [3.63, 3.8) is 0 Å². The Kier molecular flexibility index (Phi) is 9.99. The predicted molar refractivity (Wildman–Crippen MR) is 90.1 cm³/mol. The molecule has 0 aromatic heterocycles. The van der Waals surface area contributed by atoms with Crippen molar-refractivity contribution < 1.29 is 39.9 Å². The van der Waals surface area contributed by atoms with Gasteiger partial charge in [0.2, 0.25) is 5.91 Å². The first-order valence-corrected chi connectivity index (χ1v) is 8.80. The zero-order chi connectivity index (χ0) is 19.7. The predicted octanol–water partition coefficient (Wildman–Crippen LogP) is -2.35. The Balaban J connectivity index is 2.89. The van der Waals surface area contributed by atoms with E-state index in [2.05, 4.69) is 0 Å². The number of nitrogens with two attached hydrogens (primary N) is 1. The molecule has 1 saturated heterocycles. The fourth-order valence-corrected chi connectivity index (χ4v) is 2.87. The number of carbonyl (C=O) groups excluding carboxylic acids is 1. The van der Waals surface area contributed by atoms with Gasteiger partial charge < -0.3 is 40.9 Å². The molecular formula is C16H30N2O8. The van der Waals surface area contributed by atoms with Crippen molar-refractivity contribution in [2.75, 3.05) is 26.3 Å². The summed E-state index contributed by atoms with van der Waals surface area (Å²) < 4.78 is 5.42. The molecule has 1 aliphatic rings. The first-order chi connectivity index (χ1) is 12.3. The number of β-amino-alcohol motifs (C(OH)–C–C–N with tert-alkyl or cyclic N) is 1. The highest BCUT2D eigenvalue weighted by molar-refractivity contribution is 5.86. The smallest absolute Gasteiger partial charge is 0.305 e. The Hall–Kier alpha value is -1.30. The molecule has 1 fully saturated rings. The Labute approximate surface area is 152 Å². The summed E-state index contributed by atoms with van der Waals surface area (Å²) in [6, 6.07) is -1.25. The molecule has 7 N–H and O–H groups in total. The van der Waals surface area contributed by atoms with Gasteiger partial charge in [0, 0.05) is 19.7 Å². The zero-order valence-electron chi connectivity index (χ0n) is 14.7. The number of hydrogen-bond donors (Lipinski definition) is 6. The SMILES string of the molecule is N[C@@H](CC(=O)O)C(=O)N1CCCCCCO[C@H]([C@H](O)CO)[C@H](O)[C@@H](O)C1. The van der Waals surface area contributed by atoms with Crippen molar-refractivity contribution in [3.05, 3.63) is 0 Å². The maximum Gasteiger partial charge on any atom is 0.305 e. The number of amides is 1. The average molecular weight is 378 g/mol. The van der Waals surface area contributed by atoms with E-state index in [1.54, 1.807) is 0 Å². The molecule has 5 atom stereocenters. The van der Waals surface area contributed by atoms with Gasteiger partial charge in [0.15, 0.2) is 0 Å². The molecular weight excluding hydrogens is 348 g/mol. The van der Waals surface area contributed by atoms with Gasteiger partial charge in [-0.3, -0.25) is 9.59 Å². The van der Waals surface area contributed by atoms with E-state index in [-0.39, 0.29) is 19.7 Å². The summed E-state index contributed by atoms with van der Waals surface area (Å²) in [7, 11) is 0. The third-order valence-corrected chi connectivity index (χ3v) is 4.36. The normalized spacial score (nSPS) is 28.5. The Morgan fingerprint density at radius 2 is 1.85 bits per heavy atom. The lowest BCUT2D eigenvalue weighted by Crippen LogP contribution is -2.54. The number of aliphatic hydroxyl groups is 4. The van der Waals surface area contributed by atoms with Crippen LogP contribution in [0.3, 0.4) is 0 Å². The Bertz CT molecular complexity index is 450. The highest BCUT2D eigenvalue weighted by atomic mass is 16.5. The van der Waals surface area contributed by atoms with Crippen LogP contribution in [0, 0.1) is 0 Å². The van der Waals surface area contributed by atoms with Crippen LogP contribution in [-0.2, 0) is 14.3 Å². The minimum atomic E-state index is -1.54. The molecule has 152 valence electrons. The second kappa shape index (κ2) is 11.4. The molecule has 0 spiro atoms. The molecule has 1 aliphatic heterocycles. The van der Waals surface area contributed by atoms with Crippen LogP contribution in [0.1, 0.15) is 32.1 Å². The van der Waals surface area contributed by atoms with Gasteiger partial charge >= 0.3 is 5.97 Å². The number of carboxylic acids is 1. The van der Waals surface area contributed by atoms with Crippen LogP contribution in [-0.4, -0.2) is 99.1 Å². The lowest BCUT2D eigenvalue weighted by Gasteiger charge is -2.34. The van der Waals surface area contributed by atoms with Crippen molar-refractivity contribution in [1.29, 1.82) is 0 Å². The summed E-state index contributed by atoms with van der Waals surface area (Å²) in [5.74, 6) is -1.84. The van der Waals surface area contributed by atoms with Crippen LogP contribution in [0.25, 0.3) is 0 Å². The van der Waals surface area contributed by atoms with Crippen molar-refractivity contribution in [2.45, 2.75) is 62.6 Å². The maximum atomic E-state index is 12.4. The van der Waals surface area contributed by atoms with Gasteiger partial charge in [0.1, 0.15) is 24.4 Å². The van der Waals surface area contributed by atoms with Crippen molar-refractivity contribution in [2.24, 2.45) is 5.73 Å². The molecule has 26 heavy (non-hydrogen) atoms. The molecule has 0 radical (unpaired) electrons. The largest absolute Gasteiger partial charge is 0.481 e. The van der Waals surface area contributed by atoms with Crippen LogP contribution < -0.4 is 5.73 Å². The fraction of sp³-hybridized carbons (Fsp3) is 0.875. The Morgan fingerprint density at radius 3 is 2.46 bits per heavy atom. The summed E-state index contributed by atoms with van der Waals surface area (Å²) in [5.41, 5.74) is 5.63. The number of carbonyl (C=O) groups is 2. The van der Waals surface area contributed by atoms with Gasteiger partial charge in [-0.05, 0) is 12.8 Å². The van der Waals surface area contributed by atoms with Crippen molar-refractivity contribution >= 4 is 11.9 Å². The molecule has 1 amide bonds. The van der Waals surface area contributed by atoms with Crippen molar-refractivity contribution in [3.8, 4) is 0 Å². The summed E-state index contributed by atoms with van der Waals surface area (Å²) in [5, 5.41) is 48.3. The third kappa shape index (κ3) is 7.14. The second-order valence-electron chi connectivity index (χ2n) is 6.55. The van der Waals surface area contributed by atoms with Gasteiger partial charge in [0.05, 0.1) is 19.1 Å². The summed E-state index contributed by atoms with van der Waals surface area (Å²) >= 11 is 0. The van der Waals surface area contributed by atoms with Crippen LogP contribution in [0.5, 0.6) is 0 Å². The lowest BCUT2D eigenvalue weighted by molar-refractivity contribution is -0.153. The molecule has 0 aliphatic carbocycles. The molecule has 10 heteroatoms. The van der Waals surface area contributed by atoms with Gasteiger partial charge in [0.25, 0.3) is 0 Å². The van der Waals surface area contributed by atoms with Crippen LogP contribution in [0.4, 0.5) is 0 Å². The fourth-order valence-electron chi connectivity index (χ4n) is 2.87. The molecule has 1 heterocycles. The number of carboxylic acid groups (broad SMARTS) is 1. The van der Waals surface area contributed by atoms with Crippen LogP contribution in [0.2, 0.25) is 0 Å². The maximum absolute atomic E-state index is 12.4. The average Bonchev–Trinajstić information content (AvgIpc) is 2.59. The van der Waals surface area contributed by atoms with Gasteiger partial charge in [-0.15, -0.1) is 0 Å². The summed E-state index contributed by atoms with van der Waals surface area (Å²) in [4.78, 5) is 24.4. The molecule has 0 bridgehead atoms. The van der Waals surface area contributed by atoms with Gasteiger partial charge in [-0.2, -0.15) is 0 Å². The van der Waals surface area contributed by atoms with E-state index < -0.39 is 55.4 Å². The molecule has 0 aromatic rings. The van der Waals surface area contributed by atoms with Crippen LogP contribution in [0.15, 0.2) is 0 Å². The zero-order valence-corrected chi connectivity index (χ0v) is 14.7. The van der Waals surface area contributed by atoms with E-state index in [9.17, 15) is 24.9 Å². The first-order valence-electron chi connectivity index (χ1n) is 8.80. The Morgan fingerprint density at radius 1 is 1.19 bits per heavy atom. The number of rotatable bonds is 5. The lowest BCUT2D eigenvalue weighted by atomic mass is 10.0. The topological polar surface area (TPSA) is 174 Å². The van der Waals surface area contributed by atoms with E-state index in [0.29, 0.717) is 12.8 Å². The number of aliphatic hydroxyl groups excluding tert-OH is 4. The number of ether oxygens (including phenoxy) is 1. The van der Waals surface area contributed by atoms with E-state index in [1.807, 2.05) is 0 Å².